The van der Waals surface area contributed by atoms with E-state index in [4.69, 9.17) is 4.98 Å². The highest BCUT2D eigenvalue weighted by Crippen LogP contribution is 2.25. The number of hydrogen-bond donors (Lipinski definition) is 1. The Balaban J connectivity index is 1.25. The number of halogens is 2. The van der Waals surface area contributed by atoms with E-state index in [9.17, 15) is 13.6 Å². The molecule has 1 aliphatic rings. The fourth-order valence-corrected chi connectivity index (χ4v) is 4.79. The van der Waals surface area contributed by atoms with E-state index in [1.165, 1.54) is 24.3 Å². The lowest BCUT2D eigenvalue weighted by atomic mass is 10.1. The lowest BCUT2D eigenvalue weighted by Crippen LogP contribution is -2.53. The number of benzene rings is 2. The average Bonchev–Trinajstić information content (AvgIpc) is 3.28. The summed E-state index contributed by atoms with van der Waals surface area (Å²) in [5.41, 5.74) is 2.81. The van der Waals surface area contributed by atoms with E-state index in [0.29, 0.717) is 0 Å². The molecule has 3 aromatic rings. The van der Waals surface area contributed by atoms with Crippen molar-refractivity contribution in [3.05, 3.63) is 76.8 Å². The largest absolute Gasteiger partial charge is 0.348 e. The maximum atomic E-state index is 13.1. The molecule has 174 valence electrons. The van der Waals surface area contributed by atoms with Gasteiger partial charge in [-0.25, -0.2) is 13.8 Å². The van der Waals surface area contributed by atoms with Crippen LogP contribution in [0.3, 0.4) is 0 Å². The van der Waals surface area contributed by atoms with Crippen LogP contribution in [0.1, 0.15) is 31.1 Å². The third-order valence-electron chi connectivity index (χ3n) is 6.09. The van der Waals surface area contributed by atoms with Gasteiger partial charge in [-0.2, -0.15) is 0 Å². The number of piperazine rings is 1. The van der Waals surface area contributed by atoms with Gasteiger partial charge in [0.05, 0.1) is 17.8 Å². The maximum absolute atomic E-state index is 13.1. The molecule has 2 heterocycles. The Morgan fingerprint density at radius 1 is 1.00 bits per heavy atom. The van der Waals surface area contributed by atoms with E-state index in [1.807, 2.05) is 13.8 Å². The number of nitrogens with one attached hydrogen (secondary N) is 1. The molecular weight excluding hydrogens is 442 g/mol. The van der Waals surface area contributed by atoms with Crippen molar-refractivity contribution in [2.24, 2.45) is 0 Å². The van der Waals surface area contributed by atoms with Crippen molar-refractivity contribution in [2.45, 2.75) is 32.5 Å². The second-order valence-electron chi connectivity index (χ2n) is 8.42. The molecule has 1 amide bonds. The number of hydrogen-bond acceptors (Lipinski definition) is 5. The summed E-state index contributed by atoms with van der Waals surface area (Å²) in [6.45, 7) is 7.90. The summed E-state index contributed by atoms with van der Waals surface area (Å²) >= 11 is 1.57. The fourth-order valence-electron chi connectivity index (χ4n) is 3.98. The fraction of sp³-hybridized carbons (Fsp3) is 0.360. The molecule has 4 rings (SSSR count). The molecule has 1 saturated heterocycles. The highest BCUT2D eigenvalue weighted by atomic mass is 32.1. The van der Waals surface area contributed by atoms with Crippen LogP contribution in [0.25, 0.3) is 10.6 Å². The van der Waals surface area contributed by atoms with Gasteiger partial charge in [0.25, 0.3) is 0 Å². The lowest BCUT2D eigenvalue weighted by Gasteiger charge is -2.37. The quantitative estimate of drug-likeness (QED) is 0.554. The van der Waals surface area contributed by atoms with Crippen LogP contribution >= 0.6 is 11.3 Å². The number of aromatic nitrogens is 1. The van der Waals surface area contributed by atoms with Gasteiger partial charge < -0.3 is 5.32 Å². The normalized spacial score (nSPS) is 17.0. The number of carbonyl (C=O) groups is 1. The van der Waals surface area contributed by atoms with E-state index >= 15 is 0 Å². The second-order valence-corrected chi connectivity index (χ2v) is 9.28. The van der Waals surface area contributed by atoms with Gasteiger partial charge in [-0.1, -0.05) is 12.1 Å². The Morgan fingerprint density at radius 3 is 2.24 bits per heavy atom. The van der Waals surface area contributed by atoms with E-state index in [2.05, 4.69) is 20.5 Å². The molecule has 5 nitrogen and oxygen atoms in total. The molecule has 1 aliphatic heterocycles. The Labute approximate surface area is 197 Å². The molecule has 0 bridgehead atoms. The topological polar surface area (TPSA) is 48.5 Å². The van der Waals surface area contributed by atoms with Gasteiger partial charge in [0.1, 0.15) is 16.6 Å². The molecule has 2 aromatic carbocycles. The number of rotatable bonds is 7. The summed E-state index contributed by atoms with van der Waals surface area (Å²) in [5.74, 6) is -0.558. The third-order valence-corrected chi connectivity index (χ3v) is 7.03. The summed E-state index contributed by atoms with van der Waals surface area (Å²) in [7, 11) is 0. The molecule has 0 spiro atoms. The predicted octanol–water partition coefficient (Wildman–Crippen LogP) is 4.47. The molecule has 0 radical (unpaired) electrons. The monoisotopic (exact) mass is 470 g/mol. The first-order chi connectivity index (χ1) is 15.9. The first-order valence-electron chi connectivity index (χ1n) is 11.1. The zero-order chi connectivity index (χ0) is 23.4. The standard InChI is InChI=1S/C25H28F2N4OS/c1-17(19-3-7-21(26)8-4-19)28-24(32)18(2)31-13-11-30(12-14-31)15-23-16-33-25(29-23)20-5-9-22(27)10-6-20/h3-10,16-18H,11-15H2,1-2H3,(H,28,32)/t17-,18+/m0/s1. The Bertz CT molecular complexity index is 1060. The number of thiazole rings is 1. The maximum Gasteiger partial charge on any atom is 0.237 e. The SMILES string of the molecule is C[C@H](NC(=O)[C@@H](C)N1CCN(Cc2csc(-c3ccc(F)cc3)n2)CC1)c1ccc(F)cc1. The van der Waals surface area contributed by atoms with Crippen molar-refractivity contribution in [1.82, 2.24) is 20.1 Å². The number of carbonyl (C=O) groups excluding carboxylic acids is 1. The van der Waals surface area contributed by atoms with Gasteiger partial charge in [0.2, 0.25) is 5.91 Å². The zero-order valence-electron chi connectivity index (χ0n) is 18.8. The molecule has 0 unspecified atom stereocenters. The minimum Gasteiger partial charge on any atom is -0.348 e. The van der Waals surface area contributed by atoms with Crippen molar-refractivity contribution in [3.63, 3.8) is 0 Å². The van der Waals surface area contributed by atoms with Gasteiger partial charge in [0, 0.05) is 43.7 Å². The van der Waals surface area contributed by atoms with Crippen molar-refractivity contribution in [1.29, 1.82) is 0 Å². The summed E-state index contributed by atoms with van der Waals surface area (Å²) in [6, 6.07) is 12.2. The highest BCUT2D eigenvalue weighted by molar-refractivity contribution is 7.13. The summed E-state index contributed by atoms with van der Waals surface area (Å²) in [4.78, 5) is 22.0. The average molecular weight is 471 g/mol. The smallest absolute Gasteiger partial charge is 0.237 e. The van der Waals surface area contributed by atoms with Crippen molar-refractivity contribution >= 4 is 17.2 Å². The molecule has 1 N–H and O–H groups in total. The number of nitrogens with zero attached hydrogens (tertiary/aromatic N) is 3. The van der Waals surface area contributed by atoms with Gasteiger partial charge in [0.15, 0.2) is 0 Å². The van der Waals surface area contributed by atoms with Crippen LogP contribution < -0.4 is 5.32 Å². The molecule has 1 aromatic heterocycles. The minimum absolute atomic E-state index is 0.0243. The molecule has 1 fully saturated rings. The lowest BCUT2D eigenvalue weighted by molar-refractivity contribution is -0.127. The molecule has 0 aliphatic carbocycles. The summed E-state index contributed by atoms with van der Waals surface area (Å²) in [5, 5.41) is 5.98. The molecule has 2 atom stereocenters. The van der Waals surface area contributed by atoms with E-state index < -0.39 is 0 Å². The van der Waals surface area contributed by atoms with Gasteiger partial charge in [-0.15, -0.1) is 11.3 Å². The van der Waals surface area contributed by atoms with E-state index in [-0.39, 0.29) is 29.6 Å². The van der Waals surface area contributed by atoms with Gasteiger partial charge >= 0.3 is 0 Å². The molecule has 8 heteroatoms. The zero-order valence-corrected chi connectivity index (χ0v) is 19.6. The molecule has 0 saturated carbocycles. The van der Waals surface area contributed by atoms with Gasteiger partial charge in [-0.05, 0) is 55.8 Å². The summed E-state index contributed by atoms with van der Waals surface area (Å²) < 4.78 is 26.3. The Kier molecular flexibility index (Phi) is 7.47. The minimum atomic E-state index is -0.284. The summed E-state index contributed by atoms with van der Waals surface area (Å²) in [6.07, 6.45) is 0. The van der Waals surface area contributed by atoms with Crippen LogP contribution in [-0.4, -0.2) is 52.9 Å². The third kappa shape index (κ3) is 6.01. The predicted molar refractivity (Wildman–Crippen MR) is 127 cm³/mol. The Morgan fingerprint density at radius 2 is 1.61 bits per heavy atom. The van der Waals surface area contributed by atoms with Crippen LogP contribution in [0, 0.1) is 11.6 Å². The molecule has 33 heavy (non-hydrogen) atoms. The van der Waals surface area contributed by atoms with Crippen LogP contribution in [0.2, 0.25) is 0 Å². The first-order valence-corrected chi connectivity index (χ1v) is 12.0. The number of amides is 1. The van der Waals surface area contributed by atoms with Crippen LogP contribution in [0.4, 0.5) is 8.78 Å². The second kappa shape index (κ2) is 10.5. The first kappa shape index (κ1) is 23.5. The Hall–Kier alpha value is -2.68. The van der Waals surface area contributed by atoms with Crippen LogP contribution in [-0.2, 0) is 11.3 Å². The van der Waals surface area contributed by atoms with E-state index in [0.717, 1.165) is 54.6 Å². The van der Waals surface area contributed by atoms with Crippen LogP contribution in [0.5, 0.6) is 0 Å². The van der Waals surface area contributed by atoms with E-state index in [1.54, 1.807) is 35.6 Å². The molecular formula is C25H28F2N4OS. The van der Waals surface area contributed by atoms with Gasteiger partial charge in [-0.3, -0.25) is 14.6 Å². The van der Waals surface area contributed by atoms with Crippen LogP contribution in [0.15, 0.2) is 53.9 Å². The highest BCUT2D eigenvalue weighted by Gasteiger charge is 2.26. The van der Waals surface area contributed by atoms with Crippen molar-refractivity contribution in [2.75, 3.05) is 26.2 Å². The van der Waals surface area contributed by atoms with Crippen molar-refractivity contribution < 1.29 is 13.6 Å². The van der Waals surface area contributed by atoms with Crippen molar-refractivity contribution in [3.8, 4) is 10.6 Å².